The van der Waals surface area contributed by atoms with Gasteiger partial charge in [0, 0.05) is 0 Å². The minimum absolute atomic E-state index is 1.04. The Morgan fingerprint density at radius 2 is 1.00 bits per heavy atom. The van der Waals surface area contributed by atoms with Gasteiger partial charge in [0.15, 0.2) is 0 Å². The molecule has 0 atom stereocenters. The molecule has 0 aromatic rings. The lowest BCUT2D eigenvalue weighted by Gasteiger charge is -2.34. The van der Waals surface area contributed by atoms with Crippen molar-refractivity contribution in [3.05, 3.63) is 23.3 Å². The summed E-state index contributed by atoms with van der Waals surface area (Å²) in [5.74, 6) is 2.09. The van der Waals surface area contributed by atoms with E-state index in [0.29, 0.717) is 0 Å². The van der Waals surface area contributed by atoms with Crippen LogP contribution in [0.1, 0.15) is 65.2 Å². The average Bonchev–Trinajstić information content (AvgIpc) is 2.39. The molecule has 0 saturated heterocycles. The molecule has 0 aromatic carbocycles. The van der Waals surface area contributed by atoms with Gasteiger partial charge < -0.3 is 0 Å². The topological polar surface area (TPSA) is 0 Å². The Hall–Kier alpha value is -0.520. The molecule has 2 aliphatic carbocycles. The van der Waals surface area contributed by atoms with Crippen LogP contribution >= 0.6 is 0 Å². The lowest BCUT2D eigenvalue weighted by molar-refractivity contribution is 0.230. The van der Waals surface area contributed by atoms with Gasteiger partial charge >= 0.3 is 0 Å². The zero-order chi connectivity index (χ0) is 11.4. The van der Waals surface area contributed by atoms with Crippen molar-refractivity contribution in [2.75, 3.05) is 0 Å². The summed E-state index contributed by atoms with van der Waals surface area (Å²) >= 11 is 0. The molecule has 2 fully saturated rings. The van der Waals surface area contributed by atoms with Crippen molar-refractivity contribution in [1.29, 1.82) is 0 Å². The van der Waals surface area contributed by atoms with Gasteiger partial charge in [0.2, 0.25) is 0 Å². The molecule has 0 N–H and O–H groups in total. The summed E-state index contributed by atoms with van der Waals surface area (Å²) in [6.07, 6.45) is 16.1. The van der Waals surface area contributed by atoms with E-state index in [0.717, 1.165) is 11.8 Å². The second-order valence-electron chi connectivity index (χ2n) is 5.57. The molecule has 0 radical (unpaired) electrons. The van der Waals surface area contributed by atoms with E-state index in [9.17, 15) is 0 Å². The molecule has 0 heteroatoms. The average molecular weight is 218 g/mol. The van der Waals surface area contributed by atoms with Crippen molar-refractivity contribution in [3.63, 3.8) is 0 Å². The quantitative estimate of drug-likeness (QED) is 0.527. The highest BCUT2D eigenvalue weighted by Gasteiger charge is 2.27. The Morgan fingerprint density at radius 3 is 1.25 bits per heavy atom. The molecule has 0 aliphatic heterocycles. The van der Waals surface area contributed by atoms with E-state index in [-0.39, 0.29) is 0 Å². The zero-order valence-electron chi connectivity index (χ0n) is 11.0. The Labute approximate surface area is 101 Å². The van der Waals surface area contributed by atoms with Gasteiger partial charge in [0.1, 0.15) is 0 Å². The fraction of sp³-hybridized carbons (Fsp3) is 0.750. The maximum atomic E-state index is 2.34. The lowest BCUT2D eigenvalue weighted by atomic mass is 9.71. The van der Waals surface area contributed by atoms with E-state index >= 15 is 0 Å². The fourth-order valence-electron chi connectivity index (χ4n) is 3.54. The molecular weight excluding hydrogens is 192 g/mol. The van der Waals surface area contributed by atoms with Crippen molar-refractivity contribution < 1.29 is 0 Å². The van der Waals surface area contributed by atoms with Crippen LogP contribution in [0.2, 0.25) is 0 Å². The summed E-state index contributed by atoms with van der Waals surface area (Å²) in [5, 5.41) is 0. The molecular formula is C16H26. The maximum Gasteiger partial charge on any atom is -0.0318 e. The van der Waals surface area contributed by atoms with Gasteiger partial charge in [-0.1, -0.05) is 23.3 Å². The highest BCUT2D eigenvalue weighted by molar-refractivity contribution is 5.07. The predicted octanol–water partition coefficient (Wildman–Crippen LogP) is 5.26. The van der Waals surface area contributed by atoms with E-state index < -0.39 is 0 Å². The zero-order valence-corrected chi connectivity index (χ0v) is 11.0. The summed E-state index contributed by atoms with van der Waals surface area (Å²) < 4.78 is 0. The van der Waals surface area contributed by atoms with Crippen LogP contribution in [0.3, 0.4) is 0 Å². The highest BCUT2D eigenvalue weighted by Crippen LogP contribution is 2.40. The van der Waals surface area contributed by atoms with Gasteiger partial charge in [-0.05, 0) is 77.0 Å². The van der Waals surface area contributed by atoms with Crippen molar-refractivity contribution in [3.8, 4) is 0 Å². The molecule has 0 nitrogen and oxygen atoms in total. The summed E-state index contributed by atoms with van der Waals surface area (Å²) in [5.41, 5.74) is 3.42. The van der Waals surface area contributed by atoms with Crippen LogP contribution in [0, 0.1) is 11.8 Å². The first kappa shape index (κ1) is 12.0. The van der Waals surface area contributed by atoms with E-state index in [1.54, 1.807) is 11.1 Å². The van der Waals surface area contributed by atoms with Gasteiger partial charge in [0.25, 0.3) is 0 Å². The van der Waals surface area contributed by atoms with Gasteiger partial charge in [-0.15, -0.1) is 0 Å². The van der Waals surface area contributed by atoms with E-state index in [4.69, 9.17) is 0 Å². The maximum absolute atomic E-state index is 2.34. The summed E-state index contributed by atoms with van der Waals surface area (Å²) in [4.78, 5) is 0. The standard InChI is InChI=1S/C16H26/c1-3-13-5-9-15(10-6-13)16-11-7-14(4-2)8-12-16/h3-4,15-16H,5-12H2,1-2H3. The monoisotopic (exact) mass is 218 g/mol. The molecule has 2 saturated carbocycles. The minimum atomic E-state index is 1.04. The van der Waals surface area contributed by atoms with Crippen LogP contribution in [-0.4, -0.2) is 0 Å². The third-order valence-electron chi connectivity index (χ3n) is 4.83. The molecule has 0 aromatic heterocycles. The third-order valence-corrected chi connectivity index (χ3v) is 4.83. The minimum Gasteiger partial charge on any atom is -0.0885 e. The van der Waals surface area contributed by atoms with E-state index in [1.165, 1.54) is 51.4 Å². The van der Waals surface area contributed by atoms with Crippen molar-refractivity contribution >= 4 is 0 Å². The molecule has 0 bridgehead atoms. The second-order valence-corrected chi connectivity index (χ2v) is 5.57. The molecule has 0 spiro atoms. The SMILES string of the molecule is CC=C1CCC(C2CCC(=CC)CC2)CC1. The van der Waals surface area contributed by atoms with Gasteiger partial charge in [0.05, 0.1) is 0 Å². The number of hydrogen-bond donors (Lipinski definition) is 0. The van der Waals surface area contributed by atoms with Crippen molar-refractivity contribution in [2.45, 2.75) is 65.2 Å². The molecule has 0 amide bonds. The number of rotatable bonds is 1. The van der Waals surface area contributed by atoms with Gasteiger partial charge in [-0.25, -0.2) is 0 Å². The van der Waals surface area contributed by atoms with Gasteiger partial charge in [-0.3, -0.25) is 0 Å². The third kappa shape index (κ3) is 2.78. The van der Waals surface area contributed by atoms with E-state index in [1.807, 2.05) is 0 Å². The molecule has 0 heterocycles. The first-order valence-electron chi connectivity index (χ1n) is 7.11. The largest absolute Gasteiger partial charge is 0.0885 e. The number of allylic oxidation sites excluding steroid dienone is 4. The summed E-state index contributed by atoms with van der Waals surface area (Å²) in [6.45, 7) is 4.41. The molecule has 0 unspecified atom stereocenters. The molecule has 2 rings (SSSR count). The van der Waals surface area contributed by atoms with Gasteiger partial charge in [-0.2, -0.15) is 0 Å². The Balaban J connectivity index is 1.82. The number of hydrogen-bond acceptors (Lipinski definition) is 0. The molecule has 2 aliphatic rings. The smallest absolute Gasteiger partial charge is 0.0318 e. The lowest BCUT2D eigenvalue weighted by Crippen LogP contribution is -2.21. The van der Waals surface area contributed by atoms with Crippen LogP contribution < -0.4 is 0 Å². The van der Waals surface area contributed by atoms with E-state index in [2.05, 4.69) is 26.0 Å². The first-order chi connectivity index (χ1) is 7.83. The predicted molar refractivity (Wildman–Crippen MR) is 71.4 cm³/mol. The Kier molecular flexibility index (Phi) is 4.26. The Bertz CT molecular complexity index is 232. The van der Waals surface area contributed by atoms with Crippen LogP contribution in [0.15, 0.2) is 23.3 Å². The Morgan fingerprint density at radius 1 is 0.688 bits per heavy atom. The van der Waals surface area contributed by atoms with Crippen molar-refractivity contribution in [1.82, 2.24) is 0 Å². The second kappa shape index (κ2) is 5.70. The molecule has 16 heavy (non-hydrogen) atoms. The van der Waals surface area contributed by atoms with Crippen LogP contribution in [0.4, 0.5) is 0 Å². The first-order valence-corrected chi connectivity index (χ1v) is 7.11. The summed E-state index contributed by atoms with van der Waals surface area (Å²) in [7, 11) is 0. The van der Waals surface area contributed by atoms with Crippen LogP contribution in [0.5, 0.6) is 0 Å². The highest BCUT2D eigenvalue weighted by atomic mass is 14.3. The van der Waals surface area contributed by atoms with Crippen LogP contribution in [-0.2, 0) is 0 Å². The van der Waals surface area contributed by atoms with Crippen molar-refractivity contribution in [2.24, 2.45) is 11.8 Å². The fourth-order valence-corrected chi connectivity index (χ4v) is 3.54. The normalized spacial score (nSPS) is 31.4. The molecule has 90 valence electrons. The van der Waals surface area contributed by atoms with Crippen LogP contribution in [0.25, 0.3) is 0 Å². The summed E-state index contributed by atoms with van der Waals surface area (Å²) in [6, 6.07) is 0.